The highest BCUT2D eigenvalue weighted by atomic mass is 35.5. The van der Waals surface area contributed by atoms with Gasteiger partial charge in [0.15, 0.2) is 5.13 Å². The predicted molar refractivity (Wildman–Crippen MR) is 118 cm³/mol. The Balaban J connectivity index is 0.00000261. The van der Waals surface area contributed by atoms with Gasteiger partial charge >= 0.3 is 0 Å². The topological polar surface area (TPSA) is 36.4 Å². The van der Waals surface area contributed by atoms with Crippen molar-refractivity contribution in [1.82, 2.24) is 9.88 Å². The van der Waals surface area contributed by atoms with Crippen molar-refractivity contribution in [3.8, 4) is 0 Å². The maximum absolute atomic E-state index is 13.2. The van der Waals surface area contributed by atoms with Gasteiger partial charge < -0.3 is 4.90 Å². The number of anilines is 1. The van der Waals surface area contributed by atoms with Crippen LogP contribution in [0.4, 0.5) is 5.13 Å². The molecule has 0 atom stereocenters. The van der Waals surface area contributed by atoms with Gasteiger partial charge in [-0.05, 0) is 56.9 Å². The molecule has 0 fully saturated rings. The van der Waals surface area contributed by atoms with Gasteiger partial charge in [-0.3, -0.25) is 9.69 Å². The van der Waals surface area contributed by atoms with E-state index in [4.69, 9.17) is 23.2 Å². The van der Waals surface area contributed by atoms with E-state index in [0.717, 1.165) is 16.8 Å². The minimum Gasteiger partial charge on any atom is -0.308 e. The number of likely N-dealkylation sites (N-methyl/N-ethyl adjacent to an activating group) is 1. The van der Waals surface area contributed by atoms with Crippen molar-refractivity contribution >= 4 is 68.2 Å². The van der Waals surface area contributed by atoms with Crippen molar-refractivity contribution in [1.29, 1.82) is 0 Å². The Hall–Kier alpha value is -1.37. The van der Waals surface area contributed by atoms with Gasteiger partial charge in [-0.15, -0.1) is 12.4 Å². The fourth-order valence-electron chi connectivity index (χ4n) is 2.55. The lowest BCUT2D eigenvalue weighted by Crippen LogP contribution is -2.36. The first-order chi connectivity index (χ1) is 12.3. The Kier molecular flexibility index (Phi) is 7.48. The Morgan fingerprint density at radius 1 is 1.07 bits per heavy atom. The van der Waals surface area contributed by atoms with Gasteiger partial charge in [0.1, 0.15) is 0 Å². The van der Waals surface area contributed by atoms with Crippen molar-refractivity contribution in [3.05, 3.63) is 57.6 Å². The number of hydrogen-bond donors (Lipinski definition) is 0. The summed E-state index contributed by atoms with van der Waals surface area (Å²) in [6.07, 6.45) is 0. The van der Waals surface area contributed by atoms with Crippen LogP contribution in [0.3, 0.4) is 0 Å². The Morgan fingerprint density at radius 3 is 2.37 bits per heavy atom. The maximum atomic E-state index is 13.2. The summed E-state index contributed by atoms with van der Waals surface area (Å²) in [6, 6.07) is 11.0. The second-order valence-electron chi connectivity index (χ2n) is 6.39. The summed E-state index contributed by atoms with van der Waals surface area (Å²) in [5.41, 5.74) is 2.51. The van der Waals surface area contributed by atoms with Crippen LogP contribution in [-0.2, 0) is 0 Å². The van der Waals surface area contributed by atoms with Crippen molar-refractivity contribution in [2.24, 2.45) is 0 Å². The van der Waals surface area contributed by atoms with E-state index in [0.29, 0.717) is 27.3 Å². The molecule has 1 aromatic heterocycles. The second kappa shape index (κ2) is 9.22. The highest BCUT2D eigenvalue weighted by molar-refractivity contribution is 7.22. The fourth-order valence-corrected chi connectivity index (χ4v) is 4.17. The fraction of sp³-hybridized carbons (Fsp3) is 0.263. The first-order valence-corrected chi connectivity index (χ1v) is 9.70. The Bertz CT molecular complexity index is 938. The highest BCUT2D eigenvalue weighted by Gasteiger charge is 2.22. The summed E-state index contributed by atoms with van der Waals surface area (Å²) in [7, 11) is 3.95. The molecule has 144 valence electrons. The highest BCUT2D eigenvalue weighted by Crippen LogP contribution is 2.31. The number of amides is 1. The summed E-state index contributed by atoms with van der Waals surface area (Å²) in [5, 5.41) is 1.55. The molecule has 8 heteroatoms. The van der Waals surface area contributed by atoms with E-state index in [1.807, 2.05) is 38.1 Å². The molecule has 0 aliphatic heterocycles. The van der Waals surface area contributed by atoms with Gasteiger partial charge in [0.25, 0.3) is 5.91 Å². The van der Waals surface area contributed by atoms with Crippen LogP contribution in [0.2, 0.25) is 10.0 Å². The third-order valence-electron chi connectivity index (χ3n) is 3.89. The number of hydrogen-bond acceptors (Lipinski definition) is 4. The van der Waals surface area contributed by atoms with Crippen molar-refractivity contribution in [2.45, 2.75) is 6.92 Å². The minimum absolute atomic E-state index is 0. The van der Waals surface area contributed by atoms with Gasteiger partial charge in [0, 0.05) is 28.7 Å². The van der Waals surface area contributed by atoms with E-state index >= 15 is 0 Å². The molecule has 0 aliphatic carbocycles. The first kappa shape index (κ1) is 21.9. The van der Waals surface area contributed by atoms with Crippen molar-refractivity contribution < 1.29 is 4.79 Å². The lowest BCUT2D eigenvalue weighted by molar-refractivity contribution is 0.0985. The van der Waals surface area contributed by atoms with Crippen LogP contribution in [0.15, 0.2) is 36.4 Å². The molecule has 0 saturated carbocycles. The summed E-state index contributed by atoms with van der Waals surface area (Å²) in [6.45, 7) is 3.28. The largest absolute Gasteiger partial charge is 0.308 e. The van der Waals surface area contributed by atoms with Gasteiger partial charge in [-0.1, -0.05) is 40.6 Å². The van der Waals surface area contributed by atoms with Crippen LogP contribution in [-0.4, -0.2) is 43.0 Å². The van der Waals surface area contributed by atoms with Gasteiger partial charge in [-0.25, -0.2) is 4.98 Å². The normalized spacial score (nSPS) is 10.9. The Labute approximate surface area is 179 Å². The number of carbonyl (C=O) groups excluding carboxylic acids is 1. The van der Waals surface area contributed by atoms with Crippen LogP contribution >= 0.6 is 46.9 Å². The zero-order valence-electron chi connectivity index (χ0n) is 15.2. The zero-order chi connectivity index (χ0) is 18.8. The monoisotopic (exact) mass is 443 g/mol. The van der Waals surface area contributed by atoms with E-state index in [2.05, 4.69) is 11.1 Å². The van der Waals surface area contributed by atoms with Crippen LogP contribution in [0.5, 0.6) is 0 Å². The van der Waals surface area contributed by atoms with Crippen LogP contribution in [0.25, 0.3) is 10.2 Å². The number of fused-ring (bicyclic) bond motifs is 1. The molecule has 0 aliphatic rings. The van der Waals surface area contributed by atoms with Crippen molar-refractivity contribution in [2.75, 3.05) is 32.1 Å². The number of nitrogens with zero attached hydrogens (tertiary/aromatic N) is 3. The van der Waals surface area contributed by atoms with Crippen LogP contribution in [0.1, 0.15) is 15.9 Å². The van der Waals surface area contributed by atoms with E-state index in [9.17, 15) is 4.79 Å². The summed E-state index contributed by atoms with van der Waals surface area (Å²) < 4.78 is 1.06. The maximum Gasteiger partial charge on any atom is 0.260 e. The molecule has 2 aromatic carbocycles. The van der Waals surface area contributed by atoms with Crippen molar-refractivity contribution in [3.63, 3.8) is 0 Å². The molecule has 0 saturated heterocycles. The molecule has 27 heavy (non-hydrogen) atoms. The summed E-state index contributed by atoms with van der Waals surface area (Å²) >= 11 is 13.7. The van der Waals surface area contributed by atoms with Crippen LogP contribution < -0.4 is 4.90 Å². The molecular formula is C19H20Cl3N3OS. The number of halogens is 3. The minimum atomic E-state index is -0.160. The zero-order valence-corrected chi connectivity index (χ0v) is 18.3. The molecule has 1 amide bonds. The second-order valence-corrected chi connectivity index (χ2v) is 8.27. The number of rotatable bonds is 5. The van der Waals surface area contributed by atoms with Crippen LogP contribution in [0, 0.1) is 6.92 Å². The quantitative estimate of drug-likeness (QED) is 0.518. The molecule has 4 nitrogen and oxygen atoms in total. The molecule has 0 spiro atoms. The predicted octanol–water partition coefficient (Wildman–Crippen LogP) is 5.54. The summed E-state index contributed by atoms with van der Waals surface area (Å²) in [5.74, 6) is -0.160. The number of aromatic nitrogens is 1. The summed E-state index contributed by atoms with van der Waals surface area (Å²) in [4.78, 5) is 21.6. The SMILES string of the molecule is Cc1ccc2nc(N(CCN(C)C)C(=O)c3cc(Cl)cc(Cl)c3)sc2c1.Cl. The van der Waals surface area contributed by atoms with Gasteiger partial charge in [-0.2, -0.15) is 0 Å². The number of thiazole rings is 1. The third kappa shape index (κ3) is 5.33. The lowest BCUT2D eigenvalue weighted by Gasteiger charge is -2.22. The molecular weight excluding hydrogens is 425 g/mol. The number of carbonyl (C=O) groups is 1. The standard InChI is InChI=1S/C19H19Cl2N3OS.ClH/c1-12-4-5-16-17(8-12)26-19(22-16)24(7-6-23(2)3)18(25)13-9-14(20)11-15(21)10-13;/h4-5,8-11H,6-7H2,1-3H3;1H. The lowest BCUT2D eigenvalue weighted by atomic mass is 10.2. The molecule has 3 rings (SSSR count). The molecule has 1 heterocycles. The van der Waals surface area contributed by atoms with Gasteiger partial charge in [0.05, 0.1) is 10.2 Å². The molecule has 0 radical (unpaired) electrons. The molecule has 0 N–H and O–H groups in total. The molecule has 3 aromatic rings. The number of benzene rings is 2. The van der Waals surface area contributed by atoms with E-state index in [1.54, 1.807) is 23.1 Å². The number of aryl methyl sites for hydroxylation is 1. The molecule has 0 bridgehead atoms. The first-order valence-electron chi connectivity index (χ1n) is 8.13. The average molecular weight is 445 g/mol. The molecule has 0 unspecified atom stereocenters. The van der Waals surface area contributed by atoms with E-state index < -0.39 is 0 Å². The smallest absolute Gasteiger partial charge is 0.260 e. The third-order valence-corrected chi connectivity index (χ3v) is 5.37. The van der Waals surface area contributed by atoms with E-state index in [1.165, 1.54) is 16.9 Å². The average Bonchev–Trinajstić information content (AvgIpc) is 2.96. The Morgan fingerprint density at radius 2 is 1.74 bits per heavy atom. The van der Waals surface area contributed by atoms with Gasteiger partial charge in [0.2, 0.25) is 0 Å². The van der Waals surface area contributed by atoms with E-state index in [-0.39, 0.29) is 18.3 Å².